The summed E-state index contributed by atoms with van der Waals surface area (Å²) in [7, 11) is 0. The van der Waals surface area contributed by atoms with Gasteiger partial charge in [0, 0.05) is 13.2 Å². The first kappa shape index (κ1) is 15.7. The lowest BCUT2D eigenvalue weighted by Crippen LogP contribution is -2.40. The lowest BCUT2D eigenvalue weighted by molar-refractivity contribution is -0.117. The molecule has 1 atom stereocenters. The van der Waals surface area contributed by atoms with Crippen molar-refractivity contribution in [3.63, 3.8) is 0 Å². The molecule has 2 rings (SSSR count). The zero-order valence-corrected chi connectivity index (χ0v) is 12.6. The van der Waals surface area contributed by atoms with Gasteiger partial charge in [0.15, 0.2) is 0 Å². The normalized spacial score (nSPS) is 17.7. The van der Waals surface area contributed by atoms with Crippen LogP contribution in [0.4, 0.5) is 4.79 Å². The van der Waals surface area contributed by atoms with Gasteiger partial charge in [0.1, 0.15) is 0 Å². The summed E-state index contributed by atoms with van der Waals surface area (Å²) < 4.78 is 7.15. The zero-order chi connectivity index (χ0) is 15.1. The minimum atomic E-state index is -0.498. The number of carbonyl (C=O) groups excluding carboxylic acids is 2. The highest BCUT2D eigenvalue weighted by molar-refractivity contribution is 7.99. The molecule has 1 fully saturated rings. The van der Waals surface area contributed by atoms with Crippen LogP contribution >= 0.6 is 11.8 Å². The average molecular weight is 314 g/mol. The van der Waals surface area contributed by atoms with Gasteiger partial charge in [0.2, 0.25) is 11.1 Å². The van der Waals surface area contributed by atoms with Gasteiger partial charge in [-0.25, -0.2) is 9.48 Å². The standard InChI is InChI=1S/C11H18N6O3S/c1-2-12-10(19)13-9(18)7-21-11-14-15-16-17(11)6-8-4-3-5-20-8/h8H,2-7H2,1H3,(H2,12,13,18,19)/t8-/m1/s1. The molecule has 3 amide bonds. The molecule has 1 aromatic heterocycles. The predicted octanol–water partition coefficient (Wildman–Crippen LogP) is -0.210. The molecule has 2 N–H and O–H groups in total. The molecule has 2 heterocycles. The number of urea groups is 1. The van der Waals surface area contributed by atoms with E-state index in [0.29, 0.717) is 18.2 Å². The van der Waals surface area contributed by atoms with Crippen molar-refractivity contribution in [2.75, 3.05) is 18.9 Å². The van der Waals surface area contributed by atoms with E-state index in [1.165, 1.54) is 11.8 Å². The fourth-order valence-electron chi connectivity index (χ4n) is 1.89. The van der Waals surface area contributed by atoms with Gasteiger partial charge in [-0.3, -0.25) is 10.1 Å². The minimum Gasteiger partial charge on any atom is -0.376 e. The Morgan fingerprint density at radius 1 is 1.52 bits per heavy atom. The minimum absolute atomic E-state index is 0.0725. The fraction of sp³-hybridized carbons (Fsp3) is 0.727. The quantitative estimate of drug-likeness (QED) is 0.699. The Morgan fingerprint density at radius 3 is 3.10 bits per heavy atom. The molecule has 0 aliphatic carbocycles. The first-order chi connectivity index (χ1) is 10.2. The van der Waals surface area contributed by atoms with Crippen LogP contribution in [0.1, 0.15) is 19.8 Å². The molecule has 9 nitrogen and oxygen atoms in total. The Morgan fingerprint density at radius 2 is 2.38 bits per heavy atom. The van der Waals surface area contributed by atoms with E-state index >= 15 is 0 Å². The largest absolute Gasteiger partial charge is 0.376 e. The lowest BCUT2D eigenvalue weighted by Gasteiger charge is -2.09. The molecular weight excluding hydrogens is 296 g/mol. The molecule has 1 aliphatic rings. The molecule has 0 aromatic carbocycles. The second-order valence-corrected chi connectivity index (χ2v) is 5.42. The maximum Gasteiger partial charge on any atom is 0.321 e. The van der Waals surface area contributed by atoms with Crippen LogP contribution in [-0.2, 0) is 16.1 Å². The van der Waals surface area contributed by atoms with Gasteiger partial charge in [0.25, 0.3) is 0 Å². The summed E-state index contributed by atoms with van der Waals surface area (Å²) in [5.74, 6) is -0.319. The summed E-state index contributed by atoms with van der Waals surface area (Å²) in [4.78, 5) is 22.8. The van der Waals surface area contributed by atoms with Gasteiger partial charge in [0.05, 0.1) is 18.4 Å². The van der Waals surface area contributed by atoms with Gasteiger partial charge in [-0.2, -0.15) is 0 Å². The number of nitrogens with one attached hydrogen (secondary N) is 2. The number of imide groups is 1. The third-order valence-corrected chi connectivity index (χ3v) is 3.78. The van der Waals surface area contributed by atoms with E-state index in [-0.39, 0.29) is 11.9 Å². The number of carbonyl (C=O) groups is 2. The molecule has 1 saturated heterocycles. The summed E-state index contributed by atoms with van der Waals surface area (Å²) in [5.41, 5.74) is 0. The highest BCUT2D eigenvalue weighted by Gasteiger charge is 2.19. The molecule has 0 bridgehead atoms. The van der Waals surface area contributed by atoms with Crippen molar-refractivity contribution in [2.45, 2.75) is 37.6 Å². The number of aromatic nitrogens is 4. The number of rotatable bonds is 6. The van der Waals surface area contributed by atoms with Crippen molar-refractivity contribution in [3.05, 3.63) is 0 Å². The molecular formula is C11H18N6O3S. The first-order valence-electron chi connectivity index (χ1n) is 6.77. The lowest BCUT2D eigenvalue weighted by atomic mass is 10.2. The number of hydrogen-bond acceptors (Lipinski definition) is 7. The van der Waals surface area contributed by atoms with Crippen molar-refractivity contribution >= 4 is 23.7 Å². The first-order valence-corrected chi connectivity index (χ1v) is 7.76. The number of tetrazole rings is 1. The summed E-state index contributed by atoms with van der Waals surface area (Å²) in [6.45, 7) is 3.58. The van der Waals surface area contributed by atoms with Gasteiger partial charge < -0.3 is 10.1 Å². The Balaban J connectivity index is 1.79. The monoisotopic (exact) mass is 314 g/mol. The number of thioether (sulfide) groups is 1. The third kappa shape index (κ3) is 4.97. The van der Waals surface area contributed by atoms with Crippen LogP contribution in [0, 0.1) is 0 Å². The molecule has 21 heavy (non-hydrogen) atoms. The second-order valence-electron chi connectivity index (χ2n) is 4.47. The van der Waals surface area contributed by atoms with Crippen molar-refractivity contribution in [1.82, 2.24) is 30.8 Å². The molecule has 0 unspecified atom stereocenters. The van der Waals surface area contributed by atoms with Gasteiger partial charge in [-0.05, 0) is 30.2 Å². The van der Waals surface area contributed by atoms with E-state index in [4.69, 9.17) is 4.74 Å². The SMILES string of the molecule is CCNC(=O)NC(=O)CSc1nnnn1C[C@H]1CCCO1. The van der Waals surface area contributed by atoms with E-state index in [0.717, 1.165) is 19.4 Å². The molecule has 1 aliphatic heterocycles. The Hall–Kier alpha value is -1.68. The number of amides is 3. The number of ether oxygens (including phenoxy) is 1. The van der Waals surface area contributed by atoms with E-state index in [2.05, 4.69) is 26.2 Å². The van der Waals surface area contributed by atoms with Crippen molar-refractivity contribution in [1.29, 1.82) is 0 Å². The summed E-state index contributed by atoms with van der Waals surface area (Å²) in [5, 5.41) is 16.6. The van der Waals surface area contributed by atoms with E-state index in [1.54, 1.807) is 11.6 Å². The Bertz CT molecular complexity index is 488. The summed E-state index contributed by atoms with van der Waals surface area (Å²) >= 11 is 1.18. The van der Waals surface area contributed by atoms with Crippen LogP contribution < -0.4 is 10.6 Å². The second kappa shape index (κ2) is 7.93. The van der Waals surface area contributed by atoms with E-state index < -0.39 is 11.9 Å². The van der Waals surface area contributed by atoms with Crippen LogP contribution in [0.2, 0.25) is 0 Å². The van der Waals surface area contributed by atoms with Crippen molar-refractivity contribution in [2.24, 2.45) is 0 Å². The average Bonchev–Trinajstić information content (AvgIpc) is 3.09. The highest BCUT2D eigenvalue weighted by Crippen LogP contribution is 2.18. The predicted molar refractivity (Wildman–Crippen MR) is 74.7 cm³/mol. The molecule has 0 radical (unpaired) electrons. The van der Waals surface area contributed by atoms with Crippen LogP contribution in [0.5, 0.6) is 0 Å². The Labute approximate surface area is 126 Å². The van der Waals surface area contributed by atoms with Crippen LogP contribution in [0.3, 0.4) is 0 Å². The molecule has 0 spiro atoms. The van der Waals surface area contributed by atoms with E-state index in [9.17, 15) is 9.59 Å². The zero-order valence-electron chi connectivity index (χ0n) is 11.7. The summed E-state index contributed by atoms with van der Waals surface area (Å²) in [6, 6.07) is -0.498. The van der Waals surface area contributed by atoms with Crippen LogP contribution in [-0.4, -0.2) is 57.2 Å². The van der Waals surface area contributed by atoms with E-state index in [1.807, 2.05) is 0 Å². The van der Waals surface area contributed by atoms with Gasteiger partial charge >= 0.3 is 6.03 Å². The fourth-order valence-corrected chi connectivity index (χ4v) is 2.58. The maximum absolute atomic E-state index is 11.6. The number of nitrogens with zero attached hydrogens (tertiary/aromatic N) is 4. The highest BCUT2D eigenvalue weighted by atomic mass is 32.2. The van der Waals surface area contributed by atoms with Crippen LogP contribution in [0.15, 0.2) is 5.16 Å². The molecule has 1 aromatic rings. The smallest absolute Gasteiger partial charge is 0.321 e. The third-order valence-electron chi connectivity index (χ3n) is 2.82. The summed E-state index contributed by atoms with van der Waals surface area (Å²) in [6.07, 6.45) is 2.16. The molecule has 116 valence electrons. The Kier molecular flexibility index (Phi) is 5.93. The van der Waals surface area contributed by atoms with Crippen LogP contribution in [0.25, 0.3) is 0 Å². The van der Waals surface area contributed by atoms with Crippen molar-refractivity contribution in [3.8, 4) is 0 Å². The molecule has 10 heteroatoms. The van der Waals surface area contributed by atoms with Gasteiger partial charge in [-0.15, -0.1) is 5.10 Å². The number of hydrogen-bond donors (Lipinski definition) is 2. The molecule has 0 saturated carbocycles. The topological polar surface area (TPSA) is 111 Å². The van der Waals surface area contributed by atoms with Gasteiger partial charge in [-0.1, -0.05) is 11.8 Å². The van der Waals surface area contributed by atoms with Crippen molar-refractivity contribution < 1.29 is 14.3 Å². The maximum atomic E-state index is 11.6.